The van der Waals surface area contributed by atoms with Crippen LogP contribution in [-0.2, 0) is 11.3 Å². The maximum absolute atomic E-state index is 13.1. The molecule has 7 nitrogen and oxygen atoms in total. The van der Waals surface area contributed by atoms with E-state index in [0.717, 1.165) is 24.0 Å². The summed E-state index contributed by atoms with van der Waals surface area (Å²) in [6, 6.07) is 10.7. The van der Waals surface area contributed by atoms with Crippen molar-refractivity contribution < 1.29 is 18.5 Å². The zero-order valence-electron chi connectivity index (χ0n) is 17.2. The molecule has 0 aliphatic carbocycles. The molecule has 1 N–H and O–H groups in total. The molecule has 1 aliphatic rings. The van der Waals surface area contributed by atoms with Crippen molar-refractivity contribution in [3.05, 3.63) is 65.2 Å². The molecule has 0 spiro atoms. The van der Waals surface area contributed by atoms with Crippen molar-refractivity contribution in [2.24, 2.45) is 0 Å². The number of benzene rings is 1. The molecule has 2 aromatic heterocycles. The van der Waals surface area contributed by atoms with Crippen LogP contribution in [0, 0.1) is 13.8 Å². The second-order valence-corrected chi connectivity index (χ2v) is 7.68. The Balaban J connectivity index is 1.48. The van der Waals surface area contributed by atoms with Gasteiger partial charge in [0, 0.05) is 18.2 Å². The third kappa shape index (κ3) is 4.15. The SMILES string of the molecule is Cc1ccc(-c2cc(C(=O)N3CCCCC3C(=O)NCc3ccco3)no2)cc1C. The molecule has 4 rings (SSSR count). The van der Waals surface area contributed by atoms with Gasteiger partial charge in [0.2, 0.25) is 5.91 Å². The summed E-state index contributed by atoms with van der Waals surface area (Å²) in [4.78, 5) is 27.5. The maximum atomic E-state index is 13.1. The Morgan fingerprint density at radius 3 is 2.80 bits per heavy atom. The predicted octanol–water partition coefficient (Wildman–Crippen LogP) is 3.86. The molecule has 1 aliphatic heterocycles. The van der Waals surface area contributed by atoms with Gasteiger partial charge >= 0.3 is 0 Å². The average Bonchev–Trinajstić information content (AvgIpc) is 3.46. The molecular formula is C23H25N3O4. The second kappa shape index (κ2) is 8.57. The molecule has 3 heterocycles. The van der Waals surface area contributed by atoms with Crippen molar-refractivity contribution in [2.45, 2.75) is 45.7 Å². The van der Waals surface area contributed by atoms with E-state index in [1.165, 1.54) is 5.56 Å². The first kappa shape index (κ1) is 19.9. The first-order chi connectivity index (χ1) is 14.5. The molecule has 1 atom stereocenters. The monoisotopic (exact) mass is 407 g/mol. The summed E-state index contributed by atoms with van der Waals surface area (Å²) in [6.45, 7) is 4.89. The molecule has 0 saturated carbocycles. The fourth-order valence-electron chi connectivity index (χ4n) is 3.71. The zero-order chi connectivity index (χ0) is 21.1. The molecule has 1 saturated heterocycles. The molecule has 1 unspecified atom stereocenters. The van der Waals surface area contributed by atoms with E-state index >= 15 is 0 Å². The van der Waals surface area contributed by atoms with E-state index in [9.17, 15) is 9.59 Å². The summed E-state index contributed by atoms with van der Waals surface area (Å²) >= 11 is 0. The largest absolute Gasteiger partial charge is 0.467 e. The van der Waals surface area contributed by atoms with Gasteiger partial charge in [0.1, 0.15) is 11.8 Å². The summed E-state index contributed by atoms with van der Waals surface area (Å²) in [5.74, 6) is 0.743. The second-order valence-electron chi connectivity index (χ2n) is 7.68. The number of rotatable bonds is 5. The number of hydrogen-bond acceptors (Lipinski definition) is 5. The third-order valence-corrected chi connectivity index (χ3v) is 5.60. The first-order valence-electron chi connectivity index (χ1n) is 10.2. The Labute approximate surface area is 175 Å². The Hall–Kier alpha value is -3.35. The molecule has 0 bridgehead atoms. The minimum absolute atomic E-state index is 0.183. The summed E-state index contributed by atoms with van der Waals surface area (Å²) in [7, 11) is 0. The van der Waals surface area contributed by atoms with Gasteiger partial charge in [0.25, 0.3) is 5.91 Å². The summed E-state index contributed by atoms with van der Waals surface area (Å²) in [6.07, 6.45) is 3.94. The number of carbonyl (C=O) groups excluding carboxylic acids is 2. The number of nitrogens with zero attached hydrogens (tertiary/aromatic N) is 2. The molecule has 7 heteroatoms. The van der Waals surface area contributed by atoms with E-state index in [2.05, 4.69) is 10.5 Å². The molecule has 3 aromatic rings. The maximum Gasteiger partial charge on any atom is 0.276 e. The highest BCUT2D eigenvalue weighted by molar-refractivity contribution is 5.96. The van der Waals surface area contributed by atoms with Gasteiger partial charge in [-0.2, -0.15) is 0 Å². The summed E-state index contributed by atoms with van der Waals surface area (Å²) < 4.78 is 10.7. The topological polar surface area (TPSA) is 88.6 Å². The molecular weight excluding hydrogens is 382 g/mol. The number of hydrogen-bond donors (Lipinski definition) is 1. The number of furan rings is 1. The lowest BCUT2D eigenvalue weighted by Gasteiger charge is -2.34. The minimum atomic E-state index is -0.525. The van der Waals surface area contributed by atoms with Gasteiger partial charge in [0.05, 0.1) is 12.8 Å². The molecule has 1 aromatic carbocycles. The number of likely N-dealkylation sites (tertiary alicyclic amines) is 1. The fraction of sp³-hybridized carbons (Fsp3) is 0.348. The van der Waals surface area contributed by atoms with Gasteiger partial charge in [0.15, 0.2) is 11.5 Å². The van der Waals surface area contributed by atoms with Crippen LogP contribution in [0.15, 0.2) is 51.6 Å². The van der Waals surface area contributed by atoms with Crippen molar-refractivity contribution in [3.8, 4) is 11.3 Å². The van der Waals surface area contributed by atoms with Crippen LogP contribution in [0.5, 0.6) is 0 Å². The zero-order valence-corrected chi connectivity index (χ0v) is 17.2. The highest BCUT2D eigenvalue weighted by Crippen LogP contribution is 2.25. The van der Waals surface area contributed by atoms with E-state index in [-0.39, 0.29) is 17.5 Å². The van der Waals surface area contributed by atoms with Crippen molar-refractivity contribution in [2.75, 3.05) is 6.54 Å². The van der Waals surface area contributed by atoms with Crippen molar-refractivity contribution in [3.63, 3.8) is 0 Å². The van der Waals surface area contributed by atoms with Crippen LogP contribution >= 0.6 is 0 Å². The van der Waals surface area contributed by atoms with Crippen LogP contribution in [0.3, 0.4) is 0 Å². The number of carbonyl (C=O) groups is 2. The molecule has 0 radical (unpaired) electrons. The van der Waals surface area contributed by atoms with Gasteiger partial charge in [-0.15, -0.1) is 0 Å². The van der Waals surface area contributed by atoms with E-state index in [4.69, 9.17) is 8.94 Å². The van der Waals surface area contributed by atoms with Gasteiger partial charge in [-0.3, -0.25) is 9.59 Å². The fourth-order valence-corrected chi connectivity index (χ4v) is 3.71. The van der Waals surface area contributed by atoms with Crippen LogP contribution in [-0.4, -0.2) is 34.5 Å². The lowest BCUT2D eigenvalue weighted by atomic mass is 10.0. The number of amides is 2. The molecule has 156 valence electrons. The smallest absolute Gasteiger partial charge is 0.276 e. The van der Waals surface area contributed by atoms with E-state index in [1.807, 2.05) is 32.0 Å². The van der Waals surface area contributed by atoms with Crippen molar-refractivity contribution >= 4 is 11.8 Å². The number of nitrogens with one attached hydrogen (secondary N) is 1. The van der Waals surface area contributed by atoms with Crippen LogP contribution < -0.4 is 5.32 Å². The van der Waals surface area contributed by atoms with Crippen LogP contribution in [0.4, 0.5) is 0 Å². The molecule has 30 heavy (non-hydrogen) atoms. The Kier molecular flexibility index (Phi) is 5.70. The predicted molar refractivity (Wildman–Crippen MR) is 111 cm³/mol. The van der Waals surface area contributed by atoms with Gasteiger partial charge in [-0.1, -0.05) is 17.3 Å². The van der Waals surface area contributed by atoms with E-state index < -0.39 is 6.04 Å². The molecule has 2 amide bonds. The Morgan fingerprint density at radius 1 is 1.17 bits per heavy atom. The van der Waals surface area contributed by atoms with Crippen molar-refractivity contribution in [1.29, 1.82) is 0 Å². The summed E-state index contributed by atoms with van der Waals surface area (Å²) in [5, 5.41) is 6.85. The standard InChI is InChI=1S/C23H25N3O4/c1-15-8-9-17(12-16(15)2)21-13-19(25-30-21)23(28)26-10-4-3-7-20(26)22(27)24-14-18-6-5-11-29-18/h5-6,8-9,11-13,20H,3-4,7,10,14H2,1-2H3,(H,24,27). The Bertz CT molecular complexity index is 1040. The lowest BCUT2D eigenvalue weighted by molar-refractivity contribution is -0.126. The minimum Gasteiger partial charge on any atom is -0.467 e. The lowest BCUT2D eigenvalue weighted by Crippen LogP contribution is -2.51. The number of piperidine rings is 1. The number of aromatic nitrogens is 1. The highest BCUT2D eigenvalue weighted by Gasteiger charge is 2.34. The Morgan fingerprint density at radius 2 is 2.03 bits per heavy atom. The van der Waals surface area contributed by atoms with E-state index in [0.29, 0.717) is 31.0 Å². The van der Waals surface area contributed by atoms with Crippen LogP contribution in [0.2, 0.25) is 0 Å². The third-order valence-electron chi connectivity index (χ3n) is 5.60. The number of aryl methyl sites for hydroxylation is 2. The summed E-state index contributed by atoms with van der Waals surface area (Å²) in [5.41, 5.74) is 3.41. The van der Waals surface area contributed by atoms with E-state index in [1.54, 1.807) is 29.4 Å². The highest BCUT2D eigenvalue weighted by atomic mass is 16.5. The first-order valence-corrected chi connectivity index (χ1v) is 10.2. The van der Waals surface area contributed by atoms with Crippen molar-refractivity contribution in [1.82, 2.24) is 15.4 Å². The van der Waals surface area contributed by atoms with Gasteiger partial charge < -0.3 is 19.2 Å². The quantitative estimate of drug-likeness (QED) is 0.694. The normalized spacial score (nSPS) is 16.5. The average molecular weight is 407 g/mol. The van der Waals surface area contributed by atoms with Gasteiger partial charge in [-0.05, 0) is 62.4 Å². The van der Waals surface area contributed by atoms with Crippen LogP contribution in [0.25, 0.3) is 11.3 Å². The molecule has 1 fully saturated rings. The van der Waals surface area contributed by atoms with Crippen LogP contribution in [0.1, 0.15) is 46.6 Å². The van der Waals surface area contributed by atoms with Gasteiger partial charge in [-0.25, -0.2) is 0 Å².